The van der Waals surface area contributed by atoms with E-state index in [2.05, 4.69) is 5.32 Å². The highest BCUT2D eigenvalue weighted by atomic mass is 32.2. The summed E-state index contributed by atoms with van der Waals surface area (Å²) in [6.45, 7) is 1.70. The Morgan fingerprint density at radius 2 is 2.00 bits per heavy atom. The number of hydrogen-bond donors (Lipinski definition) is 1. The van der Waals surface area contributed by atoms with Crippen LogP contribution < -0.4 is 10.2 Å². The second-order valence-electron chi connectivity index (χ2n) is 4.89. The minimum Gasteiger partial charge on any atom is -0.372 e. The largest absolute Gasteiger partial charge is 0.372 e. The first kappa shape index (κ1) is 13.4. The van der Waals surface area contributed by atoms with Crippen molar-refractivity contribution in [2.24, 2.45) is 0 Å². The van der Waals surface area contributed by atoms with E-state index < -0.39 is 9.84 Å². The van der Waals surface area contributed by atoms with Gasteiger partial charge in [-0.15, -0.1) is 0 Å². The van der Waals surface area contributed by atoms with Gasteiger partial charge in [-0.3, -0.25) is 0 Å². The number of benzene rings is 1. The predicted molar refractivity (Wildman–Crippen MR) is 73.8 cm³/mol. The zero-order chi connectivity index (χ0) is 13.2. The molecule has 0 aromatic heterocycles. The zero-order valence-corrected chi connectivity index (χ0v) is 11.7. The summed E-state index contributed by atoms with van der Waals surface area (Å²) in [6, 6.07) is 7.83. The fourth-order valence-electron chi connectivity index (χ4n) is 1.93. The molecule has 1 saturated carbocycles. The molecule has 0 bridgehead atoms. The summed E-state index contributed by atoms with van der Waals surface area (Å²) in [4.78, 5) is 2.39. The lowest BCUT2D eigenvalue weighted by atomic mass is 10.3. The summed E-state index contributed by atoms with van der Waals surface area (Å²) in [7, 11) is -1.24. The SMILES string of the molecule is CN(CCNC1CC1)c1ccccc1S(C)(=O)=O. The number of hydrogen-bond acceptors (Lipinski definition) is 4. The van der Waals surface area contributed by atoms with Crippen molar-refractivity contribution in [3.05, 3.63) is 24.3 Å². The molecule has 0 atom stereocenters. The molecule has 1 fully saturated rings. The van der Waals surface area contributed by atoms with Crippen LogP contribution in [-0.4, -0.2) is 40.9 Å². The standard InChI is InChI=1S/C13H20N2O2S/c1-15(10-9-14-11-7-8-11)12-5-3-4-6-13(12)18(2,16)17/h3-6,11,14H,7-10H2,1-2H3. The highest BCUT2D eigenvalue weighted by Crippen LogP contribution is 2.23. The van der Waals surface area contributed by atoms with Gasteiger partial charge in [0.25, 0.3) is 0 Å². The molecular weight excluding hydrogens is 248 g/mol. The highest BCUT2D eigenvalue weighted by Gasteiger charge is 2.20. The van der Waals surface area contributed by atoms with Crippen molar-refractivity contribution in [1.82, 2.24) is 5.32 Å². The van der Waals surface area contributed by atoms with Crippen LogP contribution in [0.15, 0.2) is 29.2 Å². The number of para-hydroxylation sites is 1. The summed E-state index contributed by atoms with van der Waals surface area (Å²) in [5, 5.41) is 3.42. The van der Waals surface area contributed by atoms with Crippen LogP contribution in [0.2, 0.25) is 0 Å². The monoisotopic (exact) mass is 268 g/mol. The normalized spacial score (nSPS) is 15.7. The quantitative estimate of drug-likeness (QED) is 0.844. The maximum Gasteiger partial charge on any atom is 0.177 e. The second kappa shape index (κ2) is 5.28. The van der Waals surface area contributed by atoms with E-state index in [0.717, 1.165) is 18.8 Å². The first-order valence-corrected chi connectivity index (χ1v) is 8.11. The van der Waals surface area contributed by atoms with Gasteiger partial charge >= 0.3 is 0 Å². The molecule has 1 aromatic carbocycles. The number of nitrogens with one attached hydrogen (secondary N) is 1. The fraction of sp³-hybridized carbons (Fsp3) is 0.538. The fourth-order valence-corrected chi connectivity index (χ4v) is 2.86. The average Bonchev–Trinajstić information content (AvgIpc) is 3.12. The Labute approximate surface area is 109 Å². The van der Waals surface area contributed by atoms with Gasteiger partial charge in [-0.2, -0.15) is 0 Å². The van der Waals surface area contributed by atoms with Crippen LogP contribution in [-0.2, 0) is 9.84 Å². The smallest absolute Gasteiger partial charge is 0.177 e. The van der Waals surface area contributed by atoms with Gasteiger partial charge < -0.3 is 10.2 Å². The molecule has 0 unspecified atom stereocenters. The van der Waals surface area contributed by atoms with Crippen molar-refractivity contribution in [2.45, 2.75) is 23.8 Å². The van der Waals surface area contributed by atoms with Crippen molar-refractivity contribution in [3.63, 3.8) is 0 Å². The Balaban J connectivity index is 2.06. The Morgan fingerprint density at radius 3 is 2.61 bits per heavy atom. The van der Waals surface area contributed by atoms with Crippen LogP contribution in [0.1, 0.15) is 12.8 Å². The molecular formula is C13H20N2O2S. The minimum absolute atomic E-state index is 0.402. The lowest BCUT2D eigenvalue weighted by Crippen LogP contribution is -2.30. The van der Waals surface area contributed by atoms with Gasteiger partial charge in [0.1, 0.15) is 0 Å². The lowest BCUT2D eigenvalue weighted by Gasteiger charge is -2.22. The lowest BCUT2D eigenvalue weighted by molar-refractivity contribution is 0.601. The molecule has 1 aliphatic rings. The Kier molecular flexibility index (Phi) is 3.92. The van der Waals surface area contributed by atoms with Crippen molar-refractivity contribution in [1.29, 1.82) is 0 Å². The maximum atomic E-state index is 11.7. The Hall–Kier alpha value is -1.07. The third kappa shape index (κ3) is 3.46. The van der Waals surface area contributed by atoms with E-state index in [-0.39, 0.29) is 0 Å². The van der Waals surface area contributed by atoms with Crippen LogP contribution >= 0.6 is 0 Å². The van der Waals surface area contributed by atoms with Gasteiger partial charge in [-0.25, -0.2) is 8.42 Å². The summed E-state index contributed by atoms with van der Waals surface area (Å²) in [5.41, 5.74) is 0.776. The van der Waals surface area contributed by atoms with E-state index in [1.807, 2.05) is 24.1 Å². The number of nitrogens with zero attached hydrogens (tertiary/aromatic N) is 1. The van der Waals surface area contributed by atoms with Crippen molar-refractivity contribution in [2.75, 3.05) is 31.3 Å². The van der Waals surface area contributed by atoms with Gasteiger partial charge in [-0.05, 0) is 25.0 Å². The van der Waals surface area contributed by atoms with Gasteiger partial charge in [0.15, 0.2) is 9.84 Å². The van der Waals surface area contributed by atoms with Crippen LogP contribution in [0, 0.1) is 0 Å². The van der Waals surface area contributed by atoms with Crippen LogP contribution in [0.25, 0.3) is 0 Å². The molecule has 0 amide bonds. The molecule has 0 radical (unpaired) electrons. The van der Waals surface area contributed by atoms with Crippen LogP contribution in [0.3, 0.4) is 0 Å². The molecule has 0 spiro atoms. The predicted octanol–water partition coefficient (Wildman–Crippen LogP) is 1.28. The molecule has 2 rings (SSSR count). The third-order valence-electron chi connectivity index (χ3n) is 3.13. The minimum atomic E-state index is -3.17. The van der Waals surface area contributed by atoms with E-state index in [0.29, 0.717) is 10.9 Å². The second-order valence-corrected chi connectivity index (χ2v) is 6.87. The van der Waals surface area contributed by atoms with Crippen molar-refractivity contribution >= 4 is 15.5 Å². The van der Waals surface area contributed by atoms with Gasteiger partial charge in [0.05, 0.1) is 10.6 Å². The molecule has 4 nitrogen and oxygen atoms in total. The molecule has 0 saturated heterocycles. The van der Waals surface area contributed by atoms with E-state index in [1.54, 1.807) is 12.1 Å². The molecule has 0 heterocycles. The van der Waals surface area contributed by atoms with Crippen molar-refractivity contribution in [3.8, 4) is 0 Å². The summed E-state index contributed by atoms with van der Waals surface area (Å²) >= 11 is 0. The van der Waals surface area contributed by atoms with E-state index in [9.17, 15) is 8.42 Å². The molecule has 1 N–H and O–H groups in total. The van der Waals surface area contributed by atoms with E-state index >= 15 is 0 Å². The van der Waals surface area contributed by atoms with Gasteiger partial charge in [0.2, 0.25) is 0 Å². The highest BCUT2D eigenvalue weighted by molar-refractivity contribution is 7.90. The molecule has 5 heteroatoms. The van der Waals surface area contributed by atoms with Gasteiger partial charge in [0, 0.05) is 32.4 Å². The Bertz CT molecular complexity index is 509. The molecule has 1 aliphatic carbocycles. The van der Waals surface area contributed by atoms with E-state index in [4.69, 9.17) is 0 Å². The summed E-state index contributed by atoms with van der Waals surface area (Å²) in [5.74, 6) is 0. The van der Waals surface area contributed by atoms with Gasteiger partial charge in [-0.1, -0.05) is 12.1 Å². The first-order valence-electron chi connectivity index (χ1n) is 6.22. The van der Waals surface area contributed by atoms with Crippen LogP contribution in [0.5, 0.6) is 0 Å². The van der Waals surface area contributed by atoms with E-state index in [1.165, 1.54) is 19.1 Å². The molecule has 18 heavy (non-hydrogen) atoms. The topological polar surface area (TPSA) is 49.4 Å². The van der Waals surface area contributed by atoms with Crippen LogP contribution in [0.4, 0.5) is 5.69 Å². The zero-order valence-electron chi connectivity index (χ0n) is 10.9. The Morgan fingerprint density at radius 1 is 1.33 bits per heavy atom. The molecule has 100 valence electrons. The first-order chi connectivity index (χ1) is 8.48. The number of anilines is 1. The number of sulfone groups is 1. The maximum absolute atomic E-state index is 11.7. The molecule has 1 aromatic rings. The third-order valence-corrected chi connectivity index (χ3v) is 4.28. The average molecular weight is 268 g/mol. The number of likely N-dealkylation sites (N-methyl/N-ethyl adjacent to an activating group) is 1. The molecule has 0 aliphatic heterocycles. The summed E-state index contributed by atoms with van der Waals surface area (Å²) < 4.78 is 23.4. The summed E-state index contributed by atoms with van der Waals surface area (Å²) in [6.07, 6.45) is 3.79. The number of rotatable bonds is 6. The van der Waals surface area contributed by atoms with Crippen molar-refractivity contribution < 1.29 is 8.42 Å².